The first kappa shape index (κ1) is 21.7. The molecule has 5 nitrogen and oxygen atoms in total. The zero-order valence-electron chi connectivity index (χ0n) is 15.8. The Kier molecular flexibility index (Phi) is 7.23. The maximum atomic E-state index is 13.1. The zero-order chi connectivity index (χ0) is 20.7. The van der Waals surface area contributed by atoms with E-state index in [2.05, 4.69) is 4.72 Å². The molecule has 1 aromatic heterocycles. The lowest BCUT2D eigenvalue weighted by Crippen LogP contribution is -2.33. The molecule has 0 aliphatic carbocycles. The molecule has 1 heterocycles. The number of nitrogens with one attached hydrogen (secondary N) is 1. The van der Waals surface area contributed by atoms with Gasteiger partial charge < -0.3 is 0 Å². The van der Waals surface area contributed by atoms with Crippen LogP contribution < -0.4 is 4.72 Å². The van der Waals surface area contributed by atoms with Crippen LogP contribution in [0.15, 0.2) is 82.4 Å². The molecule has 3 rings (SSSR count). The van der Waals surface area contributed by atoms with Crippen molar-refractivity contribution in [1.82, 2.24) is 4.72 Å². The van der Waals surface area contributed by atoms with Crippen molar-refractivity contribution in [2.75, 3.05) is 12.3 Å². The maximum Gasteiger partial charge on any atom is 0.211 e. The summed E-state index contributed by atoms with van der Waals surface area (Å²) in [4.78, 5) is 0. The highest BCUT2D eigenvalue weighted by atomic mass is 32.2. The van der Waals surface area contributed by atoms with Crippen molar-refractivity contribution >= 4 is 31.2 Å². The van der Waals surface area contributed by atoms with E-state index in [4.69, 9.17) is 0 Å². The molecule has 1 N–H and O–H groups in total. The first-order valence-corrected chi connectivity index (χ1v) is 13.3. The number of thiophene rings is 1. The summed E-state index contributed by atoms with van der Waals surface area (Å²) in [6.07, 6.45) is 1.12. The van der Waals surface area contributed by atoms with Gasteiger partial charge in [0.1, 0.15) is 9.46 Å². The van der Waals surface area contributed by atoms with E-state index in [1.54, 1.807) is 47.8 Å². The van der Waals surface area contributed by atoms with Crippen molar-refractivity contribution in [3.05, 3.63) is 89.3 Å². The SMILES string of the molecule is O=S(=O)(CCCc1ccccc1)NCC(c1ccccc1)S(=O)(=O)c1cccs1. The summed E-state index contributed by atoms with van der Waals surface area (Å²) < 4.78 is 53.8. The van der Waals surface area contributed by atoms with Gasteiger partial charge in [-0.05, 0) is 35.4 Å². The summed E-state index contributed by atoms with van der Waals surface area (Å²) >= 11 is 1.13. The minimum absolute atomic E-state index is 0.0531. The van der Waals surface area contributed by atoms with Crippen molar-refractivity contribution in [2.24, 2.45) is 0 Å². The smallest absolute Gasteiger partial charge is 0.211 e. The molecule has 29 heavy (non-hydrogen) atoms. The maximum absolute atomic E-state index is 13.1. The van der Waals surface area contributed by atoms with Crippen LogP contribution in [0.2, 0.25) is 0 Å². The number of rotatable bonds is 10. The molecule has 0 fully saturated rings. The average Bonchev–Trinajstić information content (AvgIpc) is 3.25. The monoisotopic (exact) mass is 449 g/mol. The molecule has 154 valence electrons. The number of hydrogen-bond donors (Lipinski definition) is 1. The highest BCUT2D eigenvalue weighted by Crippen LogP contribution is 2.31. The first-order valence-electron chi connectivity index (χ1n) is 9.22. The van der Waals surface area contributed by atoms with E-state index in [0.29, 0.717) is 18.4 Å². The normalized spacial score (nSPS) is 13.2. The molecule has 1 atom stereocenters. The average molecular weight is 450 g/mol. The first-order chi connectivity index (χ1) is 13.9. The van der Waals surface area contributed by atoms with Gasteiger partial charge in [-0.3, -0.25) is 0 Å². The molecular formula is C21H23NO4S3. The lowest BCUT2D eigenvalue weighted by Gasteiger charge is -2.18. The molecule has 0 saturated heterocycles. The summed E-state index contributed by atoms with van der Waals surface area (Å²) in [5.74, 6) is -0.0531. The predicted molar refractivity (Wildman–Crippen MR) is 117 cm³/mol. The summed E-state index contributed by atoms with van der Waals surface area (Å²) in [7, 11) is -7.30. The van der Waals surface area contributed by atoms with Crippen LogP contribution in [0.1, 0.15) is 22.8 Å². The summed E-state index contributed by atoms with van der Waals surface area (Å²) in [5, 5.41) is 0.717. The third-order valence-electron chi connectivity index (χ3n) is 4.53. The molecule has 0 saturated carbocycles. The zero-order valence-corrected chi connectivity index (χ0v) is 18.2. The van der Waals surface area contributed by atoms with E-state index in [-0.39, 0.29) is 16.5 Å². The fourth-order valence-corrected chi connectivity index (χ4v) is 7.09. The van der Waals surface area contributed by atoms with E-state index in [1.165, 1.54) is 0 Å². The Hall–Kier alpha value is -2.00. The fourth-order valence-electron chi connectivity index (χ4n) is 3.03. The Bertz CT molecular complexity index is 1100. The Labute approximate surface area is 176 Å². The van der Waals surface area contributed by atoms with Gasteiger partial charge in [0, 0.05) is 6.54 Å². The van der Waals surface area contributed by atoms with Crippen LogP contribution >= 0.6 is 11.3 Å². The topological polar surface area (TPSA) is 80.3 Å². The van der Waals surface area contributed by atoms with Gasteiger partial charge in [-0.1, -0.05) is 66.7 Å². The summed E-state index contributed by atoms with van der Waals surface area (Å²) in [6, 6.07) is 21.6. The van der Waals surface area contributed by atoms with Crippen molar-refractivity contribution in [3.63, 3.8) is 0 Å². The molecule has 0 radical (unpaired) electrons. The van der Waals surface area contributed by atoms with E-state index < -0.39 is 25.1 Å². The molecule has 0 amide bonds. The molecule has 3 aromatic rings. The highest BCUT2D eigenvalue weighted by molar-refractivity contribution is 7.93. The fraction of sp³-hybridized carbons (Fsp3) is 0.238. The number of hydrogen-bond acceptors (Lipinski definition) is 5. The van der Waals surface area contributed by atoms with Crippen LogP contribution in [0.5, 0.6) is 0 Å². The number of aryl methyl sites for hydroxylation is 1. The second-order valence-electron chi connectivity index (χ2n) is 6.63. The molecular weight excluding hydrogens is 426 g/mol. The van der Waals surface area contributed by atoms with Crippen molar-refractivity contribution in [1.29, 1.82) is 0 Å². The molecule has 0 aliphatic heterocycles. The van der Waals surface area contributed by atoms with Crippen LogP contribution in [0.4, 0.5) is 0 Å². The Morgan fingerprint density at radius 2 is 1.48 bits per heavy atom. The Morgan fingerprint density at radius 1 is 0.828 bits per heavy atom. The van der Waals surface area contributed by atoms with Crippen LogP contribution in [0.3, 0.4) is 0 Å². The molecule has 1 unspecified atom stereocenters. The Morgan fingerprint density at radius 3 is 2.10 bits per heavy atom. The van der Waals surface area contributed by atoms with Crippen LogP contribution in [-0.4, -0.2) is 29.1 Å². The number of sulfonamides is 1. The van der Waals surface area contributed by atoms with Gasteiger partial charge in [0.15, 0.2) is 9.84 Å². The molecule has 8 heteroatoms. The van der Waals surface area contributed by atoms with Gasteiger partial charge in [0.2, 0.25) is 10.0 Å². The van der Waals surface area contributed by atoms with Gasteiger partial charge in [-0.2, -0.15) is 0 Å². The molecule has 0 bridgehead atoms. The lowest BCUT2D eigenvalue weighted by molar-refractivity contribution is 0.568. The van der Waals surface area contributed by atoms with E-state index in [9.17, 15) is 16.8 Å². The second-order valence-corrected chi connectivity index (χ2v) is 11.9. The van der Waals surface area contributed by atoms with E-state index in [0.717, 1.165) is 16.9 Å². The van der Waals surface area contributed by atoms with Crippen LogP contribution in [-0.2, 0) is 26.3 Å². The number of benzene rings is 2. The predicted octanol–water partition coefficient (Wildman–Crippen LogP) is 3.82. The molecule has 0 spiro atoms. The van der Waals surface area contributed by atoms with Crippen LogP contribution in [0.25, 0.3) is 0 Å². The van der Waals surface area contributed by atoms with Gasteiger partial charge in [-0.25, -0.2) is 21.6 Å². The van der Waals surface area contributed by atoms with Crippen molar-refractivity contribution in [3.8, 4) is 0 Å². The van der Waals surface area contributed by atoms with Gasteiger partial charge in [-0.15, -0.1) is 11.3 Å². The second kappa shape index (κ2) is 9.67. The largest absolute Gasteiger partial charge is 0.222 e. The van der Waals surface area contributed by atoms with E-state index >= 15 is 0 Å². The van der Waals surface area contributed by atoms with Crippen LogP contribution in [0, 0.1) is 0 Å². The lowest BCUT2D eigenvalue weighted by atomic mass is 10.1. The molecule has 2 aromatic carbocycles. The summed E-state index contributed by atoms with van der Waals surface area (Å²) in [6.45, 7) is -0.197. The minimum atomic E-state index is -3.71. The quantitative estimate of drug-likeness (QED) is 0.510. The standard InChI is InChI=1S/C21H23NO4S3/c23-28(24,16-8-11-18-9-3-1-4-10-18)22-17-20(19-12-5-2-6-13-19)29(25,26)21-14-7-15-27-21/h1-7,9-10,12-15,20,22H,8,11,16-17H2. The van der Waals surface area contributed by atoms with Gasteiger partial charge >= 0.3 is 0 Å². The summed E-state index contributed by atoms with van der Waals surface area (Å²) in [5.41, 5.74) is 1.64. The van der Waals surface area contributed by atoms with Crippen molar-refractivity contribution < 1.29 is 16.8 Å². The number of sulfone groups is 1. The third-order valence-corrected chi connectivity index (χ3v) is 9.50. The molecule has 0 aliphatic rings. The van der Waals surface area contributed by atoms with Gasteiger partial charge in [0.25, 0.3) is 0 Å². The Balaban J connectivity index is 1.69. The van der Waals surface area contributed by atoms with E-state index in [1.807, 2.05) is 30.3 Å². The highest BCUT2D eigenvalue weighted by Gasteiger charge is 2.31. The van der Waals surface area contributed by atoms with Gasteiger partial charge in [0.05, 0.1) is 5.75 Å². The van der Waals surface area contributed by atoms with Crippen molar-refractivity contribution in [2.45, 2.75) is 22.3 Å². The minimum Gasteiger partial charge on any atom is -0.222 e. The third kappa shape index (κ3) is 5.99.